The first-order valence-electron chi connectivity index (χ1n) is 8.16. The number of rotatable bonds is 7. The second-order valence-electron chi connectivity index (χ2n) is 6.47. The molecule has 0 saturated carbocycles. The van der Waals surface area contributed by atoms with Crippen molar-refractivity contribution in [2.45, 2.75) is 52.7 Å². The maximum absolute atomic E-state index is 11.6. The van der Waals surface area contributed by atoms with E-state index < -0.39 is 24.0 Å². The number of aliphatic carboxylic acids is 1. The molecule has 0 unspecified atom stereocenters. The molecular formula is C18H30N3O3-. The number of hydrogen-bond donors (Lipinski definition) is 3. The molecule has 0 aliphatic heterocycles. The van der Waals surface area contributed by atoms with Gasteiger partial charge in [-0.2, -0.15) is 0 Å². The van der Waals surface area contributed by atoms with Crippen LogP contribution in [0.5, 0.6) is 0 Å². The molecule has 6 nitrogen and oxygen atoms in total. The number of amides is 1. The first-order valence-corrected chi connectivity index (χ1v) is 8.16. The van der Waals surface area contributed by atoms with E-state index in [4.69, 9.17) is 16.6 Å². The highest BCUT2D eigenvalue weighted by molar-refractivity contribution is 5.86. The normalized spacial score (nSPS) is 13.0. The minimum Gasteiger partial charge on any atom is -0.674 e. The van der Waals surface area contributed by atoms with Gasteiger partial charge in [0.05, 0.1) is 6.04 Å². The number of nitrogens with two attached hydrogens (primary N) is 1. The van der Waals surface area contributed by atoms with Crippen LogP contribution in [0.2, 0.25) is 0 Å². The number of carboxylic acid groups (broad SMARTS) is 1. The molecule has 1 aromatic carbocycles. The summed E-state index contributed by atoms with van der Waals surface area (Å²) < 4.78 is 0. The topological polar surface area (TPSA) is 116 Å². The van der Waals surface area contributed by atoms with Crippen LogP contribution >= 0.6 is 0 Å². The molecule has 1 rings (SSSR count). The first-order chi connectivity index (χ1) is 11.2. The lowest BCUT2D eigenvalue weighted by Gasteiger charge is -2.21. The Morgan fingerprint density at radius 2 is 1.71 bits per heavy atom. The summed E-state index contributed by atoms with van der Waals surface area (Å²) in [7, 11) is 0. The van der Waals surface area contributed by atoms with Gasteiger partial charge in [-0.05, 0) is 18.3 Å². The Bertz CT molecular complexity index is 490. The number of nitrogens with one attached hydrogen (secondary N) is 2. The molecule has 0 heterocycles. The van der Waals surface area contributed by atoms with Crippen molar-refractivity contribution in [3.63, 3.8) is 0 Å². The van der Waals surface area contributed by atoms with E-state index in [9.17, 15) is 9.59 Å². The van der Waals surface area contributed by atoms with Gasteiger partial charge in [-0.3, -0.25) is 4.79 Å². The van der Waals surface area contributed by atoms with Crippen LogP contribution in [0.3, 0.4) is 0 Å². The zero-order chi connectivity index (χ0) is 18.7. The molecule has 1 aromatic rings. The van der Waals surface area contributed by atoms with E-state index in [0.717, 1.165) is 5.56 Å². The molecule has 0 saturated heterocycles. The van der Waals surface area contributed by atoms with Gasteiger partial charge in [0, 0.05) is 0 Å². The van der Waals surface area contributed by atoms with Crippen LogP contribution < -0.4 is 11.1 Å². The second kappa shape index (κ2) is 11.6. The third-order valence-corrected chi connectivity index (χ3v) is 3.34. The fraction of sp³-hybridized carbons (Fsp3) is 0.556. The SMILES string of the molecule is CC(C)C[C@H](N)C(=O)N[C@H](C(=O)O)C(C)C.[NH-]Cc1ccccc1. The van der Waals surface area contributed by atoms with Crippen molar-refractivity contribution >= 4 is 11.9 Å². The van der Waals surface area contributed by atoms with E-state index in [2.05, 4.69) is 5.32 Å². The van der Waals surface area contributed by atoms with Crippen LogP contribution in [0.1, 0.15) is 39.7 Å². The number of benzene rings is 1. The van der Waals surface area contributed by atoms with Gasteiger partial charge in [0.2, 0.25) is 5.91 Å². The average molecular weight is 336 g/mol. The smallest absolute Gasteiger partial charge is 0.326 e. The van der Waals surface area contributed by atoms with Crippen molar-refractivity contribution in [3.05, 3.63) is 41.6 Å². The van der Waals surface area contributed by atoms with Crippen molar-refractivity contribution in [3.8, 4) is 0 Å². The molecule has 0 aliphatic rings. The molecule has 0 bridgehead atoms. The fourth-order valence-corrected chi connectivity index (χ4v) is 1.98. The Balaban J connectivity index is 0.000000546. The zero-order valence-electron chi connectivity index (χ0n) is 15.0. The maximum Gasteiger partial charge on any atom is 0.326 e. The zero-order valence-corrected chi connectivity index (χ0v) is 15.0. The van der Waals surface area contributed by atoms with E-state index in [0.29, 0.717) is 18.9 Å². The maximum atomic E-state index is 11.6. The molecule has 24 heavy (non-hydrogen) atoms. The van der Waals surface area contributed by atoms with Crippen LogP contribution in [0, 0.1) is 11.8 Å². The Morgan fingerprint density at radius 3 is 2.04 bits per heavy atom. The molecule has 136 valence electrons. The lowest BCUT2D eigenvalue weighted by atomic mass is 10.0. The van der Waals surface area contributed by atoms with Crippen molar-refractivity contribution in [1.82, 2.24) is 5.32 Å². The largest absolute Gasteiger partial charge is 0.674 e. The third kappa shape index (κ3) is 9.27. The monoisotopic (exact) mass is 336 g/mol. The lowest BCUT2D eigenvalue weighted by Crippen LogP contribution is -2.50. The number of carbonyl (C=O) groups is 2. The minimum absolute atomic E-state index is 0.160. The Labute approximate surface area is 144 Å². The van der Waals surface area contributed by atoms with E-state index in [1.807, 2.05) is 44.2 Å². The predicted molar refractivity (Wildman–Crippen MR) is 96.3 cm³/mol. The van der Waals surface area contributed by atoms with Gasteiger partial charge in [0.15, 0.2) is 0 Å². The van der Waals surface area contributed by atoms with E-state index in [1.54, 1.807) is 13.8 Å². The highest BCUT2D eigenvalue weighted by Gasteiger charge is 2.25. The van der Waals surface area contributed by atoms with Gasteiger partial charge in [-0.15, -0.1) is 6.54 Å². The van der Waals surface area contributed by atoms with Crippen LogP contribution in [-0.2, 0) is 16.1 Å². The summed E-state index contributed by atoms with van der Waals surface area (Å²) in [6, 6.07) is 8.25. The summed E-state index contributed by atoms with van der Waals surface area (Å²) in [5, 5.41) is 11.4. The second-order valence-corrected chi connectivity index (χ2v) is 6.47. The first kappa shape index (κ1) is 22.1. The standard InChI is InChI=1S/C11H22N2O3.C7H8N/c1-6(2)5-8(12)10(14)13-9(7(3)4)11(15)16;8-6-7-4-2-1-3-5-7/h6-9H,5,12H2,1-4H3,(H,13,14)(H,15,16);1-5,8H,6H2/q;-1/t8-,9-;/m0./s1. The highest BCUT2D eigenvalue weighted by atomic mass is 16.4. The predicted octanol–water partition coefficient (Wildman–Crippen LogP) is 2.82. The molecule has 0 fully saturated rings. The summed E-state index contributed by atoms with van der Waals surface area (Å²) in [5.41, 5.74) is 13.7. The molecule has 1 amide bonds. The van der Waals surface area contributed by atoms with Crippen molar-refractivity contribution in [2.75, 3.05) is 0 Å². The Hall–Kier alpha value is -1.92. The summed E-state index contributed by atoms with van der Waals surface area (Å²) in [6.45, 7) is 7.80. The molecule has 0 aliphatic carbocycles. The lowest BCUT2D eigenvalue weighted by molar-refractivity contribution is -0.143. The quantitative estimate of drug-likeness (QED) is 0.709. The van der Waals surface area contributed by atoms with Crippen LogP contribution in [-0.4, -0.2) is 29.1 Å². The molecule has 5 N–H and O–H groups in total. The molecule has 0 aromatic heterocycles. The van der Waals surface area contributed by atoms with Crippen molar-refractivity contribution in [1.29, 1.82) is 0 Å². The summed E-state index contributed by atoms with van der Waals surface area (Å²) in [6.07, 6.45) is 0.552. The van der Waals surface area contributed by atoms with Crippen LogP contribution in [0.25, 0.3) is 5.73 Å². The van der Waals surface area contributed by atoms with Crippen LogP contribution in [0.15, 0.2) is 30.3 Å². The Kier molecular flexibility index (Phi) is 10.7. The van der Waals surface area contributed by atoms with Crippen LogP contribution in [0.4, 0.5) is 0 Å². The highest BCUT2D eigenvalue weighted by Crippen LogP contribution is 2.05. The number of carboxylic acids is 1. The average Bonchev–Trinajstić information content (AvgIpc) is 2.52. The fourth-order valence-electron chi connectivity index (χ4n) is 1.98. The van der Waals surface area contributed by atoms with Crippen molar-refractivity contribution in [2.24, 2.45) is 17.6 Å². The van der Waals surface area contributed by atoms with Gasteiger partial charge >= 0.3 is 5.97 Å². The molecule has 2 atom stereocenters. The molecular weight excluding hydrogens is 306 g/mol. The van der Waals surface area contributed by atoms with Gasteiger partial charge in [0.1, 0.15) is 6.04 Å². The van der Waals surface area contributed by atoms with E-state index >= 15 is 0 Å². The van der Waals surface area contributed by atoms with E-state index in [-0.39, 0.29) is 5.92 Å². The van der Waals surface area contributed by atoms with Gasteiger partial charge < -0.3 is 21.9 Å². The summed E-state index contributed by atoms with van der Waals surface area (Å²) in [5.74, 6) is -1.27. The molecule has 0 spiro atoms. The third-order valence-electron chi connectivity index (χ3n) is 3.34. The van der Waals surface area contributed by atoms with Gasteiger partial charge in [0.25, 0.3) is 0 Å². The number of hydrogen-bond acceptors (Lipinski definition) is 3. The Morgan fingerprint density at radius 1 is 1.17 bits per heavy atom. The molecule has 6 heteroatoms. The molecule has 0 radical (unpaired) electrons. The summed E-state index contributed by atoms with van der Waals surface area (Å²) in [4.78, 5) is 22.5. The van der Waals surface area contributed by atoms with Crippen molar-refractivity contribution < 1.29 is 14.7 Å². The van der Waals surface area contributed by atoms with Gasteiger partial charge in [-0.25, -0.2) is 4.79 Å². The number of carbonyl (C=O) groups excluding carboxylic acids is 1. The summed E-state index contributed by atoms with van der Waals surface area (Å²) >= 11 is 0. The van der Waals surface area contributed by atoms with Gasteiger partial charge in [-0.1, -0.05) is 63.6 Å². The minimum atomic E-state index is -1.03. The van der Waals surface area contributed by atoms with E-state index in [1.165, 1.54) is 0 Å².